The summed E-state index contributed by atoms with van der Waals surface area (Å²) in [7, 11) is 0. The molecule has 2 aliphatic heterocycles. The molecule has 8 nitrogen and oxygen atoms in total. The van der Waals surface area contributed by atoms with Gasteiger partial charge in [-0.3, -0.25) is 24.6 Å². The van der Waals surface area contributed by atoms with Gasteiger partial charge in [-0.2, -0.15) is 0 Å². The first-order valence-electron chi connectivity index (χ1n) is 6.29. The van der Waals surface area contributed by atoms with Crippen LogP contribution in [-0.4, -0.2) is 84.5 Å². The normalized spacial score (nSPS) is 24.9. The molecular formula is C11H18N4O4. The van der Waals surface area contributed by atoms with Crippen molar-refractivity contribution in [3.8, 4) is 0 Å². The standard InChI is InChI=1S/C11H18N4O4/c16-9-6-12-8(5-13-9)11(19)15-3-1-14(2-4-15)7-10(17)18/h8,12H,1-7H2,(H,13,16)(H,17,18). The Balaban J connectivity index is 1.79. The number of nitrogens with zero attached hydrogens (tertiary/aromatic N) is 2. The van der Waals surface area contributed by atoms with Gasteiger partial charge < -0.3 is 15.3 Å². The molecule has 1 atom stereocenters. The first-order valence-corrected chi connectivity index (χ1v) is 6.29. The number of rotatable bonds is 3. The Morgan fingerprint density at radius 3 is 2.47 bits per heavy atom. The summed E-state index contributed by atoms with van der Waals surface area (Å²) in [6.45, 7) is 2.67. The minimum absolute atomic E-state index is 0.0137. The van der Waals surface area contributed by atoms with Crippen molar-refractivity contribution in [2.45, 2.75) is 6.04 Å². The minimum Gasteiger partial charge on any atom is -0.480 e. The molecule has 0 aromatic heterocycles. The Hall–Kier alpha value is -1.67. The van der Waals surface area contributed by atoms with Crippen molar-refractivity contribution in [1.29, 1.82) is 0 Å². The lowest BCUT2D eigenvalue weighted by Crippen LogP contribution is -2.61. The SMILES string of the molecule is O=C(O)CN1CCN(C(=O)C2CNC(=O)CN2)CC1. The molecule has 2 saturated heterocycles. The third-order valence-corrected chi connectivity index (χ3v) is 3.35. The smallest absolute Gasteiger partial charge is 0.317 e. The van der Waals surface area contributed by atoms with Gasteiger partial charge in [0.05, 0.1) is 13.1 Å². The van der Waals surface area contributed by atoms with Crippen LogP contribution in [0.25, 0.3) is 0 Å². The van der Waals surface area contributed by atoms with E-state index < -0.39 is 5.97 Å². The maximum Gasteiger partial charge on any atom is 0.317 e. The fourth-order valence-corrected chi connectivity index (χ4v) is 2.28. The third kappa shape index (κ3) is 3.65. The van der Waals surface area contributed by atoms with Gasteiger partial charge in [0.25, 0.3) is 0 Å². The summed E-state index contributed by atoms with van der Waals surface area (Å²) in [5.74, 6) is -0.985. The van der Waals surface area contributed by atoms with Gasteiger partial charge in [0.1, 0.15) is 6.04 Å². The molecule has 0 aromatic carbocycles. The molecule has 0 aromatic rings. The van der Waals surface area contributed by atoms with Crippen LogP contribution in [0.4, 0.5) is 0 Å². The lowest BCUT2D eigenvalue weighted by atomic mass is 10.2. The average Bonchev–Trinajstić information content (AvgIpc) is 2.39. The van der Waals surface area contributed by atoms with Gasteiger partial charge in [-0.25, -0.2) is 0 Å². The third-order valence-electron chi connectivity index (χ3n) is 3.35. The van der Waals surface area contributed by atoms with E-state index in [4.69, 9.17) is 5.11 Å². The molecule has 19 heavy (non-hydrogen) atoms. The molecule has 3 N–H and O–H groups in total. The van der Waals surface area contributed by atoms with Gasteiger partial charge in [0, 0.05) is 32.7 Å². The lowest BCUT2D eigenvalue weighted by Gasteiger charge is -2.36. The van der Waals surface area contributed by atoms with Crippen LogP contribution in [0.5, 0.6) is 0 Å². The highest BCUT2D eigenvalue weighted by atomic mass is 16.4. The number of aliphatic carboxylic acids is 1. The molecule has 0 aliphatic carbocycles. The van der Waals surface area contributed by atoms with Crippen LogP contribution in [0, 0.1) is 0 Å². The van der Waals surface area contributed by atoms with E-state index >= 15 is 0 Å². The number of amides is 2. The summed E-state index contributed by atoms with van der Waals surface area (Å²) in [5, 5.41) is 14.2. The fraction of sp³-hybridized carbons (Fsp3) is 0.727. The summed E-state index contributed by atoms with van der Waals surface area (Å²) >= 11 is 0. The molecular weight excluding hydrogens is 252 g/mol. The van der Waals surface area contributed by atoms with Crippen LogP contribution in [0.15, 0.2) is 0 Å². The molecule has 2 aliphatic rings. The van der Waals surface area contributed by atoms with Crippen molar-refractivity contribution >= 4 is 17.8 Å². The summed E-state index contributed by atoms with van der Waals surface area (Å²) < 4.78 is 0. The van der Waals surface area contributed by atoms with Gasteiger partial charge >= 0.3 is 5.97 Å². The van der Waals surface area contributed by atoms with E-state index in [-0.39, 0.29) is 30.9 Å². The summed E-state index contributed by atoms with van der Waals surface area (Å²) in [4.78, 5) is 37.3. The second kappa shape index (κ2) is 5.98. The number of carboxylic acids is 1. The molecule has 106 valence electrons. The molecule has 0 spiro atoms. The zero-order chi connectivity index (χ0) is 13.8. The average molecular weight is 270 g/mol. The zero-order valence-corrected chi connectivity index (χ0v) is 10.6. The second-order valence-electron chi connectivity index (χ2n) is 4.73. The van der Waals surface area contributed by atoms with E-state index in [1.165, 1.54) is 0 Å². The zero-order valence-electron chi connectivity index (χ0n) is 10.6. The first-order chi connectivity index (χ1) is 9.06. The number of carboxylic acid groups (broad SMARTS) is 1. The molecule has 8 heteroatoms. The van der Waals surface area contributed by atoms with Gasteiger partial charge in [-0.1, -0.05) is 0 Å². The van der Waals surface area contributed by atoms with E-state index in [2.05, 4.69) is 10.6 Å². The van der Waals surface area contributed by atoms with Crippen LogP contribution >= 0.6 is 0 Å². The molecule has 0 saturated carbocycles. The van der Waals surface area contributed by atoms with E-state index in [1.807, 2.05) is 4.90 Å². The van der Waals surface area contributed by atoms with E-state index in [0.717, 1.165) is 0 Å². The molecule has 2 heterocycles. The van der Waals surface area contributed by atoms with E-state index in [0.29, 0.717) is 32.7 Å². The van der Waals surface area contributed by atoms with Crippen molar-refractivity contribution in [2.24, 2.45) is 0 Å². The Labute approximate surface area is 110 Å². The van der Waals surface area contributed by atoms with Crippen molar-refractivity contribution in [2.75, 3.05) is 45.8 Å². The minimum atomic E-state index is -0.851. The van der Waals surface area contributed by atoms with Crippen LogP contribution < -0.4 is 10.6 Å². The maximum atomic E-state index is 12.2. The topological polar surface area (TPSA) is 102 Å². The number of carbonyl (C=O) groups is 3. The monoisotopic (exact) mass is 270 g/mol. The van der Waals surface area contributed by atoms with E-state index in [1.54, 1.807) is 4.90 Å². The largest absolute Gasteiger partial charge is 0.480 e. The highest BCUT2D eigenvalue weighted by Gasteiger charge is 2.30. The van der Waals surface area contributed by atoms with Crippen molar-refractivity contribution in [1.82, 2.24) is 20.4 Å². The molecule has 0 bridgehead atoms. The van der Waals surface area contributed by atoms with Gasteiger partial charge in [0.15, 0.2) is 0 Å². The Morgan fingerprint density at radius 2 is 1.95 bits per heavy atom. The van der Waals surface area contributed by atoms with Gasteiger partial charge in [-0.15, -0.1) is 0 Å². The second-order valence-corrected chi connectivity index (χ2v) is 4.73. The highest BCUT2D eigenvalue weighted by molar-refractivity contribution is 5.86. The van der Waals surface area contributed by atoms with Crippen LogP contribution in [0.3, 0.4) is 0 Å². The fourth-order valence-electron chi connectivity index (χ4n) is 2.28. The van der Waals surface area contributed by atoms with Crippen LogP contribution in [-0.2, 0) is 14.4 Å². The Kier molecular flexibility index (Phi) is 4.33. The lowest BCUT2D eigenvalue weighted by molar-refractivity contribution is -0.139. The maximum absolute atomic E-state index is 12.2. The van der Waals surface area contributed by atoms with Crippen molar-refractivity contribution in [3.63, 3.8) is 0 Å². The number of nitrogens with one attached hydrogen (secondary N) is 2. The summed E-state index contributed by atoms with van der Waals surface area (Å²) in [6.07, 6.45) is 0. The quantitative estimate of drug-likeness (QED) is 0.516. The molecule has 0 radical (unpaired) electrons. The molecule has 2 fully saturated rings. The number of carbonyl (C=O) groups excluding carboxylic acids is 2. The predicted octanol–water partition coefficient (Wildman–Crippen LogP) is -2.70. The molecule has 2 amide bonds. The Bertz CT molecular complexity index is 369. The number of hydrogen-bond donors (Lipinski definition) is 3. The predicted molar refractivity (Wildman–Crippen MR) is 65.5 cm³/mol. The van der Waals surface area contributed by atoms with Crippen molar-refractivity contribution in [3.05, 3.63) is 0 Å². The van der Waals surface area contributed by atoms with Gasteiger partial charge in [0.2, 0.25) is 11.8 Å². The summed E-state index contributed by atoms with van der Waals surface area (Å²) in [5.41, 5.74) is 0. The first kappa shape index (κ1) is 13.8. The Morgan fingerprint density at radius 1 is 1.26 bits per heavy atom. The number of piperazine rings is 2. The number of hydrogen-bond acceptors (Lipinski definition) is 5. The van der Waals surface area contributed by atoms with Crippen LogP contribution in [0.1, 0.15) is 0 Å². The van der Waals surface area contributed by atoms with E-state index in [9.17, 15) is 14.4 Å². The molecule has 2 rings (SSSR count). The molecule has 1 unspecified atom stereocenters. The summed E-state index contributed by atoms with van der Waals surface area (Å²) in [6, 6.07) is -0.372. The highest BCUT2D eigenvalue weighted by Crippen LogP contribution is 2.04. The van der Waals surface area contributed by atoms with Crippen LogP contribution in [0.2, 0.25) is 0 Å². The van der Waals surface area contributed by atoms with Crippen molar-refractivity contribution < 1.29 is 19.5 Å². The van der Waals surface area contributed by atoms with Gasteiger partial charge in [-0.05, 0) is 0 Å².